The van der Waals surface area contributed by atoms with Gasteiger partial charge in [-0.15, -0.1) is 0 Å². The molecule has 1 aliphatic heterocycles. The van der Waals surface area contributed by atoms with Gasteiger partial charge in [0.1, 0.15) is 0 Å². The van der Waals surface area contributed by atoms with E-state index in [9.17, 15) is 0 Å². The van der Waals surface area contributed by atoms with Crippen LogP contribution >= 0.6 is 15.9 Å². The van der Waals surface area contributed by atoms with Gasteiger partial charge >= 0.3 is 0 Å². The number of nitrogens with two attached hydrogens (primary N) is 1. The van der Waals surface area contributed by atoms with Crippen molar-refractivity contribution >= 4 is 27.5 Å². The molecule has 4 nitrogen and oxygen atoms in total. The highest BCUT2D eigenvalue weighted by Gasteiger charge is 2.23. The smallest absolute Gasteiger partial charge is 0.172 e. The van der Waals surface area contributed by atoms with Crippen LogP contribution in [0.5, 0.6) is 0 Å². The molecule has 0 saturated carbocycles. The van der Waals surface area contributed by atoms with Gasteiger partial charge in [-0.2, -0.15) is 0 Å². The van der Waals surface area contributed by atoms with Crippen LogP contribution in [0.1, 0.15) is 44.6 Å². The van der Waals surface area contributed by atoms with Gasteiger partial charge in [0.25, 0.3) is 0 Å². The number of nitrogens with zero attached hydrogens (tertiary/aromatic N) is 2. The van der Waals surface area contributed by atoms with E-state index < -0.39 is 0 Å². The van der Waals surface area contributed by atoms with E-state index in [4.69, 9.17) is 10.9 Å². The van der Waals surface area contributed by atoms with Crippen LogP contribution in [-0.4, -0.2) is 23.6 Å². The Morgan fingerprint density at radius 3 is 2.95 bits per heavy atom. The van der Waals surface area contributed by atoms with E-state index in [0.717, 1.165) is 28.7 Å². The molecule has 1 atom stereocenters. The van der Waals surface area contributed by atoms with E-state index in [1.165, 1.54) is 25.7 Å². The molecule has 1 heterocycles. The summed E-state index contributed by atoms with van der Waals surface area (Å²) in [5, 5.41) is 12.2. The predicted molar refractivity (Wildman–Crippen MR) is 86.5 cm³/mol. The lowest BCUT2D eigenvalue weighted by atomic mass is 10.0. The molecule has 1 fully saturated rings. The second-order valence-electron chi connectivity index (χ2n) is 5.25. The highest BCUT2D eigenvalue weighted by Crippen LogP contribution is 2.31. The lowest BCUT2D eigenvalue weighted by Crippen LogP contribution is -2.36. The van der Waals surface area contributed by atoms with Gasteiger partial charge in [-0.3, -0.25) is 0 Å². The first-order valence-corrected chi connectivity index (χ1v) is 8.00. The van der Waals surface area contributed by atoms with Crippen LogP contribution in [0.15, 0.2) is 27.8 Å². The molecule has 1 saturated heterocycles. The van der Waals surface area contributed by atoms with Gasteiger partial charge in [0, 0.05) is 28.3 Å². The summed E-state index contributed by atoms with van der Waals surface area (Å²) in [5.41, 5.74) is 7.70. The Morgan fingerprint density at radius 2 is 2.25 bits per heavy atom. The minimum absolute atomic E-state index is 0.173. The molecule has 1 unspecified atom stereocenters. The quantitative estimate of drug-likeness (QED) is 0.382. The minimum atomic E-state index is 0.173. The lowest BCUT2D eigenvalue weighted by molar-refractivity contribution is 0.318. The fourth-order valence-corrected chi connectivity index (χ4v) is 3.28. The number of halogens is 1. The van der Waals surface area contributed by atoms with E-state index in [0.29, 0.717) is 6.04 Å². The van der Waals surface area contributed by atoms with Gasteiger partial charge in [0.2, 0.25) is 0 Å². The standard InChI is InChI=1S/C15H22BrN3O/c1-2-12-6-4-3-5-9-19(12)14-10-11(16)7-8-13(14)15(17)18-20/h7-8,10,12,20H,2-6,9H2,1H3,(H2,17,18). The summed E-state index contributed by atoms with van der Waals surface area (Å²) >= 11 is 3.53. The topological polar surface area (TPSA) is 61.8 Å². The third-order valence-electron chi connectivity index (χ3n) is 4.00. The van der Waals surface area contributed by atoms with Crippen LogP contribution in [0.2, 0.25) is 0 Å². The average molecular weight is 340 g/mol. The fourth-order valence-electron chi connectivity index (χ4n) is 2.93. The molecule has 1 aliphatic rings. The number of rotatable bonds is 3. The summed E-state index contributed by atoms with van der Waals surface area (Å²) in [4.78, 5) is 2.42. The molecular formula is C15H22BrN3O. The molecule has 3 N–H and O–H groups in total. The zero-order chi connectivity index (χ0) is 14.5. The molecule has 0 aromatic heterocycles. The number of oxime groups is 1. The third-order valence-corrected chi connectivity index (χ3v) is 4.49. The summed E-state index contributed by atoms with van der Waals surface area (Å²) < 4.78 is 1.01. The molecule has 1 aromatic carbocycles. The van der Waals surface area contributed by atoms with Crippen molar-refractivity contribution in [3.63, 3.8) is 0 Å². The zero-order valence-corrected chi connectivity index (χ0v) is 13.4. The van der Waals surface area contributed by atoms with Crippen molar-refractivity contribution in [3.05, 3.63) is 28.2 Å². The van der Waals surface area contributed by atoms with Crippen LogP contribution in [0.3, 0.4) is 0 Å². The molecule has 20 heavy (non-hydrogen) atoms. The summed E-state index contributed by atoms with van der Waals surface area (Å²) in [6, 6.07) is 6.43. The third kappa shape index (κ3) is 3.26. The Morgan fingerprint density at radius 1 is 1.45 bits per heavy atom. The molecular weight excluding hydrogens is 318 g/mol. The first-order valence-electron chi connectivity index (χ1n) is 7.21. The average Bonchev–Trinajstić information content (AvgIpc) is 2.71. The minimum Gasteiger partial charge on any atom is -0.409 e. The summed E-state index contributed by atoms with van der Waals surface area (Å²) in [6.07, 6.45) is 6.07. The number of hydrogen-bond acceptors (Lipinski definition) is 3. The van der Waals surface area contributed by atoms with Gasteiger partial charge in [-0.1, -0.05) is 40.9 Å². The first kappa shape index (κ1) is 15.2. The number of hydrogen-bond donors (Lipinski definition) is 2. The van der Waals surface area contributed by atoms with Crippen molar-refractivity contribution in [2.45, 2.75) is 45.1 Å². The molecule has 0 spiro atoms. The van der Waals surface area contributed by atoms with Gasteiger partial charge in [0.15, 0.2) is 5.84 Å². The fraction of sp³-hybridized carbons (Fsp3) is 0.533. The molecule has 1 aromatic rings. The van der Waals surface area contributed by atoms with E-state index in [1.54, 1.807) is 0 Å². The maximum Gasteiger partial charge on any atom is 0.172 e. The van der Waals surface area contributed by atoms with Crippen molar-refractivity contribution in [2.75, 3.05) is 11.4 Å². The highest BCUT2D eigenvalue weighted by molar-refractivity contribution is 9.10. The maximum absolute atomic E-state index is 8.99. The second kappa shape index (κ2) is 6.97. The predicted octanol–water partition coefficient (Wildman–Crippen LogP) is 3.70. The highest BCUT2D eigenvalue weighted by atomic mass is 79.9. The van der Waals surface area contributed by atoms with Crippen LogP contribution in [0.4, 0.5) is 5.69 Å². The largest absolute Gasteiger partial charge is 0.409 e. The van der Waals surface area contributed by atoms with Crippen LogP contribution < -0.4 is 10.6 Å². The lowest BCUT2D eigenvalue weighted by Gasteiger charge is -2.33. The van der Waals surface area contributed by atoms with E-state index in [2.05, 4.69) is 39.0 Å². The Balaban J connectivity index is 2.45. The molecule has 0 aliphatic carbocycles. The number of anilines is 1. The van der Waals surface area contributed by atoms with Gasteiger partial charge in [0.05, 0.1) is 0 Å². The van der Waals surface area contributed by atoms with Crippen LogP contribution in [-0.2, 0) is 0 Å². The Kier molecular flexibility index (Phi) is 5.29. The summed E-state index contributed by atoms with van der Waals surface area (Å²) in [7, 11) is 0. The van der Waals surface area contributed by atoms with Gasteiger partial charge < -0.3 is 15.8 Å². The van der Waals surface area contributed by atoms with Crippen molar-refractivity contribution in [1.29, 1.82) is 0 Å². The van der Waals surface area contributed by atoms with Crippen molar-refractivity contribution in [3.8, 4) is 0 Å². The van der Waals surface area contributed by atoms with Crippen molar-refractivity contribution in [1.82, 2.24) is 0 Å². The SMILES string of the molecule is CCC1CCCCCN1c1cc(Br)ccc1/C(N)=N/O. The van der Waals surface area contributed by atoms with Crippen LogP contribution in [0.25, 0.3) is 0 Å². The molecule has 5 heteroatoms. The van der Waals surface area contributed by atoms with E-state index in [-0.39, 0.29) is 5.84 Å². The van der Waals surface area contributed by atoms with Gasteiger partial charge in [-0.05, 0) is 37.5 Å². The number of benzene rings is 1. The monoisotopic (exact) mass is 339 g/mol. The first-order chi connectivity index (χ1) is 9.67. The van der Waals surface area contributed by atoms with E-state index >= 15 is 0 Å². The summed E-state index contributed by atoms with van der Waals surface area (Å²) in [6.45, 7) is 3.25. The Hall–Kier alpha value is -1.23. The second-order valence-corrected chi connectivity index (χ2v) is 6.17. The van der Waals surface area contributed by atoms with Crippen molar-refractivity contribution < 1.29 is 5.21 Å². The molecule has 2 rings (SSSR count). The zero-order valence-electron chi connectivity index (χ0n) is 11.8. The van der Waals surface area contributed by atoms with Crippen LogP contribution in [0, 0.1) is 0 Å². The molecule has 110 valence electrons. The normalized spacial score (nSPS) is 20.8. The van der Waals surface area contributed by atoms with Gasteiger partial charge in [-0.25, -0.2) is 0 Å². The van der Waals surface area contributed by atoms with E-state index in [1.807, 2.05) is 12.1 Å². The molecule has 0 amide bonds. The Labute approximate surface area is 128 Å². The molecule has 0 bridgehead atoms. The van der Waals surface area contributed by atoms with Crippen molar-refractivity contribution in [2.24, 2.45) is 10.9 Å². The molecule has 0 radical (unpaired) electrons. The number of amidine groups is 1. The maximum atomic E-state index is 8.99. The Bertz CT molecular complexity index is 490. The summed E-state index contributed by atoms with van der Waals surface area (Å²) in [5.74, 6) is 0.173.